The van der Waals surface area contributed by atoms with E-state index in [0.717, 1.165) is 12.8 Å². The quantitative estimate of drug-likeness (QED) is 0.572. The summed E-state index contributed by atoms with van der Waals surface area (Å²) in [5.41, 5.74) is 4.19. The minimum atomic E-state index is 1.11. The topological polar surface area (TPSA) is 0 Å². The van der Waals surface area contributed by atoms with E-state index in [4.69, 9.17) is 0 Å². The Morgan fingerprint density at radius 2 is 1.72 bits per heavy atom. The Balaban J connectivity index is 2.42. The Kier molecular flexibility index (Phi) is 5.84. The van der Waals surface area contributed by atoms with Gasteiger partial charge in [-0.15, -0.1) is 9.24 Å². The van der Waals surface area contributed by atoms with Crippen LogP contribution in [0.3, 0.4) is 0 Å². The molecule has 126 valence electrons. The lowest BCUT2D eigenvalue weighted by Gasteiger charge is -2.14. The third-order valence-corrected chi connectivity index (χ3v) is 4.88. The molecule has 0 nitrogen and oxygen atoms in total. The lowest BCUT2D eigenvalue weighted by Crippen LogP contribution is -2.26. The second-order valence-corrected chi connectivity index (χ2v) is 6.72. The van der Waals surface area contributed by atoms with Gasteiger partial charge >= 0.3 is 0 Å². The van der Waals surface area contributed by atoms with Crippen LogP contribution >= 0.6 is 9.24 Å². The Bertz CT molecular complexity index is 1030. The molecule has 0 saturated heterocycles. The number of hydrogen-bond acceptors (Lipinski definition) is 0. The smallest absolute Gasteiger partial charge is 0.0106 e. The van der Waals surface area contributed by atoms with Crippen LogP contribution in [0, 0.1) is 0 Å². The Hall–Kier alpha value is -2.17. The van der Waals surface area contributed by atoms with Crippen molar-refractivity contribution >= 4 is 31.7 Å². The van der Waals surface area contributed by atoms with Gasteiger partial charge in [0.25, 0.3) is 0 Å². The molecule has 3 aromatic carbocycles. The van der Waals surface area contributed by atoms with E-state index in [2.05, 4.69) is 95.9 Å². The molecule has 0 aliphatic carbocycles. The van der Waals surface area contributed by atoms with Crippen LogP contribution in [0.2, 0.25) is 0 Å². The molecule has 1 unspecified atom stereocenters. The number of rotatable bonds is 4. The summed E-state index contributed by atoms with van der Waals surface area (Å²) >= 11 is 0. The van der Waals surface area contributed by atoms with Gasteiger partial charge in [0.2, 0.25) is 0 Å². The van der Waals surface area contributed by atoms with Crippen molar-refractivity contribution in [2.75, 3.05) is 0 Å². The van der Waals surface area contributed by atoms with Crippen molar-refractivity contribution in [3.05, 3.63) is 94.1 Å². The van der Waals surface area contributed by atoms with Crippen LogP contribution in [0.25, 0.3) is 22.4 Å². The number of benzene rings is 3. The van der Waals surface area contributed by atoms with E-state index >= 15 is 0 Å². The minimum absolute atomic E-state index is 1.11. The van der Waals surface area contributed by atoms with E-state index in [1.165, 1.54) is 37.9 Å². The van der Waals surface area contributed by atoms with Crippen molar-refractivity contribution in [1.29, 1.82) is 0 Å². The summed E-state index contributed by atoms with van der Waals surface area (Å²) in [4.78, 5) is 0. The van der Waals surface area contributed by atoms with Gasteiger partial charge in [0, 0.05) is 0 Å². The van der Waals surface area contributed by atoms with E-state index in [9.17, 15) is 0 Å². The molecule has 0 aliphatic rings. The maximum Gasteiger partial charge on any atom is -0.0106 e. The molecule has 1 heteroatoms. The molecule has 0 amide bonds. The molecule has 0 spiro atoms. The molecule has 0 aliphatic heterocycles. The highest BCUT2D eigenvalue weighted by Crippen LogP contribution is 2.28. The maximum atomic E-state index is 2.63. The first kappa shape index (κ1) is 17.6. The molecular weight excluding hydrogens is 319 g/mol. The fourth-order valence-corrected chi connectivity index (χ4v) is 3.63. The van der Waals surface area contributed by atoms with Crippen LogP contribution in [-0.2, 0) is 6.42 Å². The number of fused-ring (bicyclic) bond motifs is 1. The van der Waals surface area contributed by atoms with Crippen LogP contribution in [0.15, 0.2) is 72.6 Å². The first-order valence-electron chi connectivity index (χ1n) is 8.91. The third kappa shape index (κ3) is 3.75. The zero-order valence-electron chi connectivity index (χ0n) is 15.0. The van der Waals surface area contributed by atoms with Crippen molar-refractivity contribution in [3.8, 4) is 0 Å². The lowest BCUT2D eigenvalue weighted by atomic mass is 9.90. The van der Waals surface area contributed by atoms with Gasteiger partial charge < -0.3 is 0 Å². The van der Waals surface area contributed by atoms with E-state index in [1.807, 2.05) is 5.82 Å². The summed E-state index contributed by atoms with van der Waals surface area (Å²) in [5.74, 6) is 1.99. The molecule has 0 saturated carbocycles. The molecule has 0 heterocycles. The van der Waals surface area contributed by atoms with Crippen molar-refractivity contribution < 1.29 is 0 Å². The van der Waals surface area contributed by atoms with Gasteiger partial charge in [-0.25, -0.2) is 0 Å². The average Bonchev–Trinajstić information content (AvgIpc) is 2.66. The monoisotopic (exact) mass is 344 g/mol. The molecule has 3 aromatic rings. The Morgan fingerprint density at radius 1 is 0.960 bits per heavy atom. The second kappa shape index (κ2) is 8.28. The summed E-state index contributed by atoms with van der Waals surface area (Å²) in [6.45, 7) is 4.51. The van der Waals surface area contributed by atoms with Crippen LogP contribution in [0.1, 0.15) is 31.4 Å². The van der Waals surface area contributed by atoms with Gasteiger partial charge in [0.15, 0.2) is 0 Å². The molecule has 0 N–H and O–H groups in total. The molecular formula is C24H25P. The summed E-state index contributed by atoms with van der Waals surface area (Å²) in [7, 11) is 2.63. The molecule has 25 heavy (non-hydrogen) atoms. The van der Waals surface area contributed by atoms with Crippen molar-refractivity contribution in [1.82, 2.24) is 0 Å². The zero-order chi connectivity index (χ0) is 17.6. The highest BCUT2D eigenvalue weighted by atomic mass is 31.0. The van der Waals surface area contributed by atoms with Crippen LogP contribution in [0.5, 0.6) is 0 Å². The zero-order valence-corrected chi connectivity index (χ0v) is 16.2. The minimum Gasteiger partial charge on any atom is -0.114 e. The molecule has 0 aromatic heterocycles. The van der Waals surface area contributed by atoms with E-state index < -0.39 is 0 Å². The SMILES string of the molecule is CCCc1ccc2ccccc2c1\C(C)=c1/cccc/c1=C/C=C/P. The van der Waals surface area contributed by atoms with Crippen molar-refractivity contribution in [2.45, 2.75) is 26.7 Å². The number of aryl methyl sites for hydroxylation is 1. The lowest BCUT2D eigenvalue weighted by molar-refractivity contribution is 0.920. The van der Waals surface area contributed by atoms with Crippen LogP contribution < -0.4 is 10.4 Å². The summed E-state index contributed by atoms with van der Waals surface area (Å²) < 4.78 is 0. The molecule has 0 radical (unpaired) electrons. The third-order valence-electron chi connectivity index (χ3n) is 4.66. The average molecular weight is 344 g/mol. The maximum absolute atomic E-state index is 2.63. The number of hydrogen-bond donors (Lipinski definition) is 0. The normalized spacial score (nSPS) is 13.6. The van der Waals surface area contributed by atoms with Crippen LogP contribution in [0.4, 0.5) is 0 Å². The van der Waals surface area contributed by atoms with E-state index in [-0.39, 0.29) is 0 Å². The Morgan fingerprint density at radius 3 is 2.52 bits per heavy atom. The standard InChI is InChI=1S/C24H25P/c1-3-9-21-16-15-20-11-5-7-14-23(20)24(21)18(2)22-13-6-4-10-19(22)12-8-17-25/h4-8,10-17H,3,9,25H2,1-2H3/b17-8+,19-12-,22-18+. The van der Waals surface area contributed by atoms with Gasteiger partial charge in [-0.2, -0.15) is 0 Å². The molecule has 0 bridgehead atoms. The summed E-state index contributed by atoms with van der Waals surface area (Å²) in [5, 5.41) is 5.22. The second-order valence-electron chi connectivity index (χ2n) is 6.33. The highest BCUT2D eigenvalue weighted by Gasteiger charge is 2.09. The van der Waals surface area contributed by atoms with Crippen molar-refractivity contribution in [3.63, 3.8) is 0 Å². The summed E-state index contributed by atoms with van der Waals surface area (Å²) in [6.07, 6.45) is 6.51. The number of allylic oxidation sites excluding steroid dienone is 1. The predicted octanol–water partition coefficient (Wildman–Crippen LogP) is 5.18. The largest absolute Gasteiger partial charge is 0.114 e. The first-order chi connectivity index (χ1) is 12.3. The van der Waals surface area contributed by atoms with Gasteiger partial charge in [-0.3, -0.25) is 0 Å². The fraction of sp³-hybridized carbons (Fsp3) is 0.167. The Labute approximate surface area is 152 Å². The summed E-state index contributed by atoms with van der Waals surface area (Å²) in [6, 6.07) is 21.9. The van der Waals surface area contributed by atoms with Crippen LogP contribution in [-0.4, -0.2) is 0 Å². The van der Waals surface area contributed by atoms with Gasteiger partial charge in [-0.1, -0.05) is 92.0 Å². The highest BCUT2D eigenvalue weighted by molar-refractivity contribution is 7.20. The van der Waals surface area contributed by atoms with Gasteiger partial charge in [-0.05, 0) is 51.3 Å². The van der Waals surface area contributed by atoms with Crippen molar-refractivity contribution in [2.24, 2.45) is 0 Å². The van der Waals surface area contributed by atoms with E-state index in [1.54, 1.807) is 0 Å². The first-order valence-corrected chi connectivity index (χ1v) is 9.58. The fourth-order valence-electron chi connectivity index (χ4n) is 3.51. The van der Waals surface area contributed by atoms with Gasteiger partial charge in [0.1, 0.15) is 0 Å². The predicted molar refractivity (Wildman–Crippen MR) is 115 cm³/mol. The van der Waals surface area contributed by atoms with E-state index in [0.29, 0.717) is 0 Å². The molecule has 3 rings (SSSR count). The molecule has 1 atom stereocenters. The van der Waals surface area contributed by atoms with Gasteiger partial charge in [0.05, 0.1) is 0 Å². The molecule has 0 fully saturated rings.